The largest absolute Gasteiger partial charge is 0.507 e. The SMILES string of the molecule is C=CC(=O)N1CC2COc3c(-c4ccccc4)c(-c4c(C)ccnc4C(C)C)c4c(F)c(-c5c(O)cccc5F)c(F)cc4c3N2CC1C.C=CC(=O)N1CC2COc3c(-c4cccnc4)c(-c4c(C)ccnc4C(C)C)c4c(F)c(-c5c(O)cccc5F)c(F)cc4c3N2CC1C.C=CC(=O)N1CC2COc3c(OCC)c(-c4c(C)ccnc4C(C)C)c4c(F)c(-c5c(O)cccc5F)c(F)cc4c3N2CC1C. The van der Waals surface area contributed by atoms with E-state index in [4.69, 9.17) is 28.9 Å². The standard InChI is InChI=1S/C40H36F3N3O3.C39H35F3N4O3.C36H36F3N3O4/c1-6-30(48)45-19-25-20-49-40-32(24-11-8-7-9-12-24)36(31-22(4)15-16-44-38(31)21(2)3)33-26(39(40)46(25)18-23(45)5)17-28(42)35(37(33)43)34-27(41)13-10-14-29(34)47;1-6-29(48)45-18-24-19-49-39-31(23-9-8-13-43-16-23)35(30-21(4)12-14-44-37(30)20(2)3)32-25(38(39)46(24)17-22(45)5)15-27(41)34(36(32)42)33-26(40)10-7-11-28(33)47;1-7-26(44)41-16-21-17-46-36-34(42(21)15-20(41)6)22-14-24(38)30(29-23(37)10-9-11-25(29)43)32(39)28(22)31(35(36)45-8-2)27-19(5)12-13-40-33(27)18(3)4/h6-17,21,23,25,47H,1,18-20H2,2-5H3;6-16,20,22,24,47H,1,17-19H2,2-5H3;7,9-14,18,20-21,43H,1,8,15-17H2,2-6H3. The lowest BCUT2D eigenvalue weighted by molar-refractivity contribution is -0.130. The number of piperazine rings is 3. The summed E-state index contributed by atoms with van der Waals surface area (Å²) in [5.41, 5.74) is 7.59. The molecule has 20 rings (SSSR count). The van der Waals surface area contributed by atoms with Crippen molar-refractivity contribution < 1.29 is 88.2 Å². The lowest BCUT2D eigenvalue weighted by atomic mass is 9.82. The van der Waals surface area contributed by atoms with Gasteiger partial charge in [-0.2, -0.15) is 0 Å². The van der Waals surface area contributed by atoms with Gasteiger partial charge in [-0.3, -0.25) is 34.3 Å². The molecule has 3 saturated heterocycles. The zero-order chi connectivity index (χ0) is 102. The highest BCUT2D eigenvalue weighted by atomic mass is 19.2. The Morgan fingerprint density at radius 2 is 0.715 bits per heavy atom. The van der Waals surface area contributed by atoms with Crippen molar-refractivity contribution in [3.63, 3.8) is 0 Å². The van der Waals surface area contributed by atoms with Crippen molar-refractivity contribution in [2.45, 2.75) is 144 Å². The van der Waals surface area contributed by atoms with Crippen LogP contribution in [0.1, 0.15) is 121 Å². The Morgan fingerprint density at radius 3 is 1.04 bits per heavy atom. The smallest absolute Gasteiger partial charge is 0.246 e. The zero-order valence-corrected chi connectivity index (χ0v) is 81.8. The molecule has 144 heavy (non-hydrogen) atoms. The van der Waals surface area contributed by atoms with Crippen LogP contribution in [-0.4, -0.2) is 170 Å². The quantitative estimate of drug-likeness (QED) is 0.0605. The summed E-state index contributed by atoms with van der Waals surface area (Å²) in [6.07, 6.45) is 12.2. The van der Waals surface area contributed by atoms with Crippen molar-refractivity contribution in [3.8, 4) is 129 Å². The van der Waals surface area contributed by atoms with Gasteiger partial charge in [-0.25, -0.2) is 39.5 Å². The first-order chi connectivity index (χ1) is 69.0. The third-order valence-corrected chi connectivity index (χ3v) is 28.2. The number of rotatable bonds is 16. The first-order valence-corrected chi connectivity index (χ1v) is 48.0. The molecule has 6 aliphatic rings. The van der Waals surface area contributed by atoms with E-state index in [1.165, 1.54) is 72.8 Å². The van der Waals surface area contributed by atoms with Gasteiger partial charge in [0.25, 0.3) is 0 Å². The Morgan fingerprint density at radius 1 is 0.389 bits per heavy atom. The Bertz CT molecular complexity index is 7230. The van der Waals surface area contributed by atoms with Gasteiger partial charge in [0.1, 0.15) is 89.4 Å². The van der Waals surface area contributed by atoms with Gasteiger partial charge in [0.15, 0.2) is 23.0 Å². The van der Waals surface area contributed by atoms with E-state index in [2.05, 4.69) is 39.5 Å². The van der Waals surface area contributed by atoms with Crippen LogP contribution in [-0.2, 0) is 14.4 Å². The number of carbonyl (C=O) groups excluding carboxylic acids is 3. The minimum atomic E-state index is -1.05. The highest BCUT2D eigenvalue weighted by Gasteiger charge is 2.48. The number of benzene rings is 10. The Hall–Kier alpha value is -15.4. The predicted molar refractivity (Wildman–Crippen MR) is 543 cm³/mol. The summed E-state index contributed by atoms with van der Waals surface area (Å²) in [7, 11) is 0. The molecular formula is C115H107F9N10O10. The number of hydrogen-bond acceptors (Lipinski definition) is 17. The summed E-state index contributed by atoms with van der Waals surface area (Å²) < 4.78 is 174. The average Bonchev–Trinajstić information content (AvgIpc) is 0.706. The maximum atomic E-state index is 17.7. The van der Waals surface area contributed by atoms with Gasteiger partial charge in [-0.1, -0.05) is 116 Å². The summed E-state index contributed by atoms with van der Waals surface area (Å²) in [6, 6.07) is 31.0. The molecular weight excluding hydrogens is 1850 g/mol. The van der Waals surface area contributed by atoms with E-state index in [1.807, 2.05) is 143 Å². The lowest BCUT2D eigenvalue weighted by Gasteiger charge is -2.49. The van der Waals surface area contributed by atoms with Crippen LogP contribution in [0.4, 0.5) is 56.6 Å². The molecule has 10 aromatic carbocycles. The van der Waals surface area contributed by atoms with Crippen LogP contribution in [0.3, 0.4) is 0 Å². The molecule has 6 atom stereocenters. The molecule has 10 heterocycles. The monoisotopic (exact) mass is 1960 g/mol. The molecule has 14 aromatic rings. The number of phenolic OH excluding ortho intramolecular Hbond substituents is 3. The minimum Gasteiger partial charge on any atom is -0.507 e. The van der Waals surface area contributed by atoms with Crippen LogP contribution < -0.4 is 33.6 Å². The van der Waals surface area contributed by atoms with Gasteiger partial charge >= 0.3 is 0 Å². The molecule has 0 saturated carbocycles. The number of nitrogens with zero attached hydrogens (tertiary/aromatic N) is 10. The van der Waals surface area contributed by atoms with Gasteiger partial charge < -0.3 is 63.7 Å². The van der Waals surface area contributed by atoms with Crippen molar-refractivity contribution >= 4 is 67.1 Å². The normalized spacial score (nSPS) is 17.3. The number of ether oxygens (including phenoxy) is 4. The molecule has 0 radical (unpaired) electrons. The lowest BCUT2D eigenvalue weighted by Crippen LogP contribution is -2.61. The van der Waals surface area contributed by atoms with E-state index in [1.54, 1.807) is 58.7 Å². The van der Waals surface area contributed by atoms with Crippen LogP contribution in [0.5, 0.6) is 40.2 Å². The molecule has 0 bridgehead atoms. The van der Waals surface area contributed by atoms with E-state index in [0.29, 0.717) is 141 Å². The molecule has 29 heteroatoms. The molecule has 3 fully saturated rings. The number of aromatic hydroxyl groups is 3. The second-order valence-corrected chi connectivity index (χ2v) is 38.2. The molecule has 740 valence electrons. The van der Waals surface area contributed by atoms with Crippen molar-refractivity contribution in [1.82, 2.24) is 34.6 Å². The summed E-state index contributed by atoms with van der Waals surface area (Å²) in [4.78, 5) is 68.0. The summed E-state index contributed by atoms with van der Waals surface area (Å²) in [5, 5.41) is 32.9. The first kappa shape index (κ1) is 98.7. The summed E-state index contributed by atoms with van der Waals surface area (Å²) in [6.45, 7) is 38.9. The molecule has 0 aliphatic carbocycles. The maximum absolute atomic E-state index is 17.7. The number of hydrogen-bond donors (Lipinski definition) is 3. The molecule has 3 N–H and O–H groups in total. The van der Waals surface area contributed by atoms with Gasteiger partial charge in [0, 0.05) is 171 Å². The predicted octanol–water partition coefficient (Wildman–Crippen LogP) is 24.5. The molecule has 20 nitrogen and oxygen atoms in total. The van der Waals surface area contributed by atoms with Crippen molar-refractivity contribution in [1.29, 1.82) is 0 Å². The fourth-order valence-corrected chi connectivity index (χ4v) is 21.7. The van der Waals surface area contributed by atoms with Gasteiger partial charge in [0.05, 0.1) is 92.3 Å². The Kier molecular flexibility index (Phi) is 27.1. The summed E-state index contributed by atoms with van der Waals surface area (Å²) >= 11 is 0. The highest BCUT2D eigenvalue weighted by molar-refractivity contribution is 6.19. The molecule has 0 spiro atoms. The van der Waals surface area contributed by atoms with E-state index in [-0.39, 0.29) is 136 Å². The van der Waals surface area contributed by atoms with Crippen LogP contribution >= 0.6 is 0 Å². The van der Waals surface area contributed by atoms with Gasteiger partial charge in [-0.05, 0) is 186 Å². The number of carbonyl (C=O) groups is 3. The van der Waals surface area contributed by atoms with E-state index >= 15 is 39.5 Å². The number of fused-ring (bicyclic) bond motifs is 15. The number of aromatic nitrogens is 4. The topological polar surface area (TPSA) is 220 Å². The number of amides is 3. The van der Waals surface area contributed by atoms with E-state index in [9.17, 15) is 29.7 Å². The maximum Gasteiger partial charge on any atom is 0.246 e. The molecule has 6 unspecified atom stereocenters. The zero-order valence-electron chi connectivity index (χ0n) is 81.8. The number of phenols is 3. The average molecular weight is 1960 g/mol. The van der Waals surface area contributed by atoms with Crippen LogP contribution in [0, 0.1) is 73.1 Å². The third-order valence-electron chi connectivity index (χ3n) is 28.2. The molecule has 6 aliphatic heterocycles. The van der Waals surface area contributed by atoms with Crippen molar-refractivity contribution in [2.24, 2.45) is 0 Å². The van der Waals surface area contributed by atoms with E-state index < -0.39 is 103 Å². The minimum absolute atomic E-state index is 0.0132. The molecule has 4 aromatic heterocycles. The summed E-state index contributed by atoms with van der Waals surface area (Å²) in [5.74, 6) is -10.3. The van der Waals surface area contributed by atoms with Crippen molar-refractivity contribution in [2.75, 3.05) is 80.4 Å². The second kappa shape index (κ2) is 39.5. The van der Waals surface area contributed by atoms with Crippen LogP contribution in [0.15, 0.2) is 202 Å². The Balaban J connectivity index is 0.000000142. The van der Waals surface area contributed by atoms with Crippen molar-refractivity contribution in [3.05, 3.63) is 289 Å². The molecule has 3 amide bonds. The van der Waals surface area contributed by atoms with Crippen LogP contribution in [0.2, 0.25) is 0 Å². The number of aryl methyl sites for hydroxylation is 3. The second-order valence-electron chi connectivity index (χ2n) is 38.2. The fraction of sp³-hybridized carbons (Fsp3) is 0.278. The fourth-order valence-electron chi connectivity index (χ4n) is 21.7. The number of halogens is 9. The van der Waals surface area contributed by atoms with Crippen LogP contribution in [0.25, 0.3) is 121 Å². The number of anilines is 3. The highest BCUT2D eigenvalue weighted by Crippen LogP contribution is 2.62. The first-order valence-electron chi connectivity index (χ1n) is 48.0. The van der Waals surface area contributed by atoms with Gasteiger partial charge in [-0.15, -0.1) is 0 Å². The number of pyridine rings is 4. The van der Waals surface area contributed by atoms with Gasteiger partial charge in [0.2, 0.25) is 17.7 Å². The Labute approximate surface area is 827 Å². The third kappa shape index (κ3) is 16.8. The van der Waals surface area contributed by atoms with E-state index in [0.717, 1.165) is 40.5 Å².